The van der Waals surface area contributed by atoms with E-state index in [0.717, 1.165) is 18.7 Å². The lowest BCUT2D eigenvalue weighted by Crippen LogP contribution is -2.38. The molecule has 2 saturated heterocycles. The van der Waals surface area contributed by atoms with Crippen LogP contribution in [0.5, 0.6) is 0 Å². The van der Waals surface area contributed by atoms with Gasteiger partial charge in [0.05, 0.1) is 29.6 Å². The third kappa shape index (κ3) is 4.60. The monoisotopic (exact) mass is 449 g/mol. The predicted molar refractivity (Wildman–Crippen MR) is 116 cm³/mol. The summed E-state index contributed by atoms with van der Waals surface area (Å²) in [6.07, 6.45) is 2.24. The molecule has 8 nitrogen and oxygen atoms in total. The normalized spacial score (nSPS) is 24.9. The van der Waals surface area contributed by atoms with Crippen LogP contribution in [0.15, 0.2) is 34.2 Å². The number of rotatable bonds is 3. The number of sulfone groups is 1. The van der Waals surface area contributed by atoms with Crippen molar-refractivity contribution in [3.63, 3.8) is 0 Å². The Bertz CT molecular complexity index is 1010. The maximum absolute atomic E-state index is 12.7. The second-order valence-electron chi connectivity index (χ2n) is 7.50. The molecule has 10 heteroatoms. The van der Waals surface area contributed by atoms with Gasteiger partial charge in [-0.05, 0) is 42.0 Å². The number of aliphatic imine (C=N–C) groups is 1. The molecule has 0 bridgehead atoms. The Morgan fingerprint density at radius 3 is 2.60 bits per heavy atom. The van der Waals surface area contributed by atoms with Gasteiger partial charge in [0.1, 0.15) is 0 Å². The summed E-state index contributed by atoms with van der Waals surface area (Å²) in [7, 11) is -1.41. The van der Waals surface area contributed by atoms with Crippen LogP contribution in [0.3, 0.4) is 0 Å². The van der Waals surface area contributed by atoms with Crippen LogP contribution in [0.4, 0.5) is 0 Å². The van der Waals surface area contributed by atoms with Crippen LogP contribution in [0.25, 0.3) is 6.08 Å². The van der Waals surface area contributed by atoms with E-state index in [9.17, 15) is 18.0 Å². The lowest BCUT2D eigenvalue weighted by Gasteiger charge is -2.27. The quantitative estimate of drug-likeness (QED) is 0.641. The van der Waals surface area contributed by atoms with Crippen molar-refractivity contribution in [1.82, 2.24) is 9.80 Å². The van der Waals surface area contributed by atoms with Gasteiger partial charge in [0.2, 0.25) is 0 Å². The zero-order chi connectivity index (χ0) is 21.3. The van der Waals surface area contributed by atoms with Gasteiger partial charge in [0, 0.05) is 31.7 Å². The minimum Gasteiger partial charge on any atom is -0.378 e. The number of carbonyl (C=O) groups excluding carboxylic acids is 2. The molecule has 3 aliphatic heterocycles. The zero-order valence-corrected chi connectivity index (χ0v) is 18.2. The van der Waals surface area contributed by atoms with Gasteiger partial charge in [-0.25, -0.2) is 8.42 Å². The van der Waals surface area contributed by atoms with E-state index in [2.05, 4.69) is 4.99 Å². The first-order valence-electron chi connectivity index (χ1n) is 9.75. The van der Waals surface area contributed by atoms with E-state index in [4.69, 9.17) is 4.74 Å². The van der Waals surface area contributed by atoms with Gasteiger partial charge >= 0.3 is 0 Å². The minimum absolute atomic E-state index is 0.0181. The Hall–Kier alpha value is -2.17. The highest BCUT2D eigenvalue weighted by Crippen LogP contribution is 2.30. The maximum atomic E-state index is 12.7. The number of benzene rings is 1. The smallest absolute Gasteiger partial charge is 0.286 e. The van der Waals surface area contributed by atoms with Gasteiger partial charge < -0.3 is 14.5 Å². The molecule has 3 heterocycles. The fourth-order valence-corrected chi connectivity index (χ4v) is 6.35. The molecule has 0 radical (unpaired) electrons. The molecule has 0 N–H and O–H groups in total. The fourth-order valence-electron chi connectivity index (χ4n) is 3.61. The van der Waals surface area contributed by atoms with Crippen molar-refractivity contribution in [3.05, 3.63) is 40.3 Å². The molecule has 30 heavy (non-hydrogen) atoms. The number of thioether (sulfide) groups is 1. The van der Waals surface area contributed by atoms with Gasteiger partial charge in [-0.15, -0.1) is 0 Å². The molecule has 160 valence electrons. The van der Waals surface area contributed by atoms with Crippen molar-refractivity contribution >= 4 is 44.7 Å². The second kappa shape index (κ2) is 8.52. The average Bonchev–Trinajstić information content (AvgIpc) is 3.30. The lowest BCUT2D eigenvalue weighted by molar-refractivity contribution is -0.113. The Kier molecular flexibility index (Phi) is 5.99. The molecular formula is C20H23N3O5S2. The molecule has 0 aromatic heterocycles. The Morgan fingerprint density at radius 1 is 1.27 bits per heavy atom. The summed E-state index contributed by atoms with van der Waals surface area (Å²) in [6, 6.07) is 6.66. The minimum atomic E-state index is -3.05. The molecule has 1 unspecified atom stereocenters. The number of ether oxygens (including phenoxy) is 1. The Labute approximate surface area is 179 Å². The van der Waals surface area contributed by atoms with E-state index in [0.29, 0.717) is 35.3 Å². The number of amides is 2. The van der Waals surface area contributed by atoms with Crippen molar-refractivity contribution in [2.75, 3.05) is 44.9 Å². The van der Waals surface area contributed by atoms with Crippen molar-refractivity contribution in [2.24, 2.45) is 4.99 Å². The molecule has 0 spiro atoms. The van der Waals surface area contributed by atoms with Gasteiger partial charge in [-0.3, -0.25) is 9.59 Å². The largest absolute Gasteiger partial charge is 0.378 e. The number of morpholine rings is 1. The first-order chi connectivity index (χ1) is 14.3. The summed E-state index contributed by atoms with van der Waals surface area (Å²) < 4.78 is 28.7. The molecule has 2 fully saturated rings. The summed E-state index contributed by atoms with van der Waals surface area (Å²) in [5.74, 6) is -0.323. The molecule has 0 saturated carbocycles. The van der Waals surface area contributed by atoms with Crippen LogP contribution in [0.1, 0.15) is 22.3 Å². The van der Waals surface area contributed by atoms with E-state index in [1.165, 1.54) is 16.7 Å². The molecular weight excluding hydrogens is 426 g/mol. The number of amidine groups is 1. The first-order valence-corrected chi connectivity index (χ1v) is 12.4. The highest BCUT2D eigenvalue weighted by atomic mass is 32.2. The summed E-state index contributed by atoms with van der Waals surface area (Å²) in [5.41, 5.74) is 1.28. The SMILES string of the molecule is CN(C(=O)c1ccc(C=C2SC(N3CCOCC3)=NC2=O)cc1)C1CCS(=O)(=O)C1. The summed E-state index contributed by atoms with van der Waals surface area (Å²) >= 11 is 1.35. The van der Waals surface area contributed by atoms with Crippen LogP contribution in [0.2, 0.25) is 0 Å². The molecule has 2 amide bonds. The maximum Gasteiger partial charge on any atom is 0.286 e. The number of carbonyl (C=O) groups is 2. The molecule has 0 aliphatic carbocycles. The molecule has 1 aromatic rings. The van der Waals surface area contributed by atoms with E-state index >= 15 is 0 Å². The first kappa shape index (κ1) is 21.1. The van der Waals surface area contributed by atoms with Crippen LogP contribution >= 0.6 is 11.8 Å². The van der Waals surface area contributed by atoms with Crippen LogP contribution in [0, 0.1) is 0 Å². The summed E-state index contributed by atoms with van der Waals surface area (Å²) in [4.78, 5) is 33.2. The third-order valence-electron chi connectivity index (χ3n) is 5.42. The predicted octanol–water partition coefficient (Wildman–Crippen LogP) is 1.25. The Balaban J connectivity index is 1.41. The van der Waals surface area contributed by atoms with E-state index < -0.39 is 9.84 Å². The molecule has 1 atom stereocenters. The molecule has 4 rings (SSSR count). The Morgan fingerprint density at radius 2 is 1.97 bits per heavy atom. The van der Waals surface area contributed by atoms with Crippen molar-refractivity contribution in [3.8, 4) is 0 Å². The van der Waals surface area contributed by atoms with Gasteiger partial charge in [-0.1, -0.05) is 12.1 Å². The van der Waals surface area contributed by atoms with Crippen LogP contribution in [-0.2, 0) is 19.4 Å². The summed E-state index contributed by atoms with van der Waals surface area (Å²) in [5, 5.41) is 0.703. The third-order valence-corrected chi connectivity index (χ3v) is 8.22. The zero-order valence-electron chi connectivity index (χ0n) is 16.6. The number of hydrogen-bond donors (Lipinski definition) is 0. The van der Waals surface area contributed by atoms with Gasteiger partial charge in [0.25, 0.3) is 11.8 Å². The number of nitrogens with zero attached hydrogens (tertiary/aromatic N) is 3. The van der Waals surface area contributed by atoms with E-state index in [1.807, 2.05) is 4.90 Å². The molecule has 3 aliphatic rings. The van der Waals surface area contributed by atoms with E-state index in [1.54, 1.807) is 37.4 Å². The van der Waals surface area contributed by atoms with Crippen molar-refractivity contribution in [2.45, 2.75) is 12.5 Å². The van der Waals surface area contributed by atoms with E-state index in [-0.39, 0.29) is 29.4 Å². The topological polar surface area (TPSA) is 96.3 Å². The standard InChI is InChI=1S/C20H23N3O5S2/c1-22(16-6-11-30(26,27)13-16)19(25)15-4-2-14(3-5-15)12-17-18(24)21-20(29-17)23-7-9-28-10-8-23/h2-5,12,16H,6-11,13H2,1H3. The second-order valence-corrected chi connectivity index (χ2v) is 10.7. The van der Waals surface area contributed by atoms with Gasteiger partial charge in [0.15, 0.2) is 15.0 Å². The van der Waals surface area contributed by atoms with Crippen LogP contribution < -0.4 is 0 Å². The highest BCUT2D eigenvalue weighted by Gasteiger charge is 2.33. The lowest BCUT2D eigenvalue weighted by atomic mass is 10.1. The number of hydrogen-bond acceptors (Lipinski definition) is 7. The van der Waals surface area contributed by atoms with Crippen LogP contribution in [-0.4, -0.2) is 86.1 Å². The average molecular weight is 450 g/mol. The molecule has 1 aromatic carbocycles. The fraction of sp³-hybridized carbons (Fsp3) is 0.450. The van der Waals surface area contributed by atoms with Crippen molar-refractivity contribution in [1.29, 1.82) is 0 Å². The summed E-state index contributed by atoms with van der Waals surface area (Å²) in [6.45, 7) is 2.70. The van der Waals surface area contributed by atoms with Gasteiger partial charge in [-0.2, -0.15) is 4.99 Å². The highest BCUT2D eigenvalue weighted by molar-refractivity contribution is 8.18. The van der Waals surface area contributed by atoms with Crippen molar-refractivity contribution < 1.29 is 22.7 Å².